The van der Waals surface area contributed by atoms with Crippen molar-refractivity contribution in [3.8, 4) is 10.6 Å². The van der Waals surface area contributed by atoms with E-state index in [0.717, 1.165) is 11.1 Å². The highest BCUT2D eigenvalue weighted by Crippen LogP contribution is 2.25. The first-order valence-electron chi connectivity index (χ1n) is 4.25. The second-order valence-corrected chi connectivity index (χ2v) is 6.35. The van der Waals surface area contributed by atoms with Gasteiger partial charge in [-0.1, -0.05) is 17.7 Å². The minimum absolute atomic E-state index is 0.124. The molecule has 2 aromatic rings. The van der Waals surface area contributed by atoms with E-state index in [1.165, 1.54) is 11.3 Å². The molecule has 0 amide bonds. The number of aromatic nitrogens is 2. The summed E-state index contributed by atoms with van der Waals surface area (Å²) in [7, 11) is -3.44. The smallest absolute Gasteiger partial charge is 0.221 e. The topological polar surface area (TPSA) is 59.9 Å². The monoisotopic (exact) mass is 274 g/mol. The van der Waals surface area contributed by atoms with Gasteiger partial charge >= 0.3 is 0 Å². The van der Waals surface area contributed by atoms with Crippen LogP contribution < -0.4 is 0 Å². The fourth-order valence-corrected chi connectivity index (χ4v) is 2.56. The van der Waals surface area contributed by atoms with E-state index in [9.17, 15) is 8.42 Å². The lowest BCUT2D eigenvalue weighted by atomic mass is 10.3. The van der Waals surface area contributed by atoms with E-state index in [-0.39, 0.29) is 10.3 Å². The highest BCUT2D eigenvalue weighted by molar-refractivity contribution is 7.90. The van der Waals surface area contributed by atoms with Gasteiger partial charge in [-0.05, 0) is 11.4 Å². The van der Waals surface area contributed by atoms with Crippen LogP contribution in [-0.2, 0) is 9.84 Å². The number of sulfone groups is 1. The summed E-state index contributed by atoms with van der Waals surface area (Å²) < 4.78 is 22.7. The van der Waals surface area contributed by atoms with Crippen LogP contribution in [0.25, 0.3) is 10.6 Å². The first-order chi connectivity index (χ1) is 7.47. The maximum Gasteiger partial charge on any atom is 0.248 e. The maximum atomic E-state index is 11.3. The molecule has 0 aromatic carbocycles. The third-order valence-electron chi connectivity index (χ3n) is 1.78. The summed E-state index contributed by atoms with van der Waals surface area (Å²) in [4.78, 5) is 8.52. The minimum atomic E-state index is -3.44. The average Bonchev–Trinajstić information content (AvgIpc) is 2.68. The van der Waals surface area contributed by atoms with Crippen LogP contribution in [0.15, 0.2) is 28.7 Å². The lowest BCUT2D eigenvalue weighted by Gasteiger charge is -2.01. The molecule has 0 atom stereocenters. The second kappa shape index (κ2) is 4.12. The molecule has 4 nitrogen and oxygen atoms in total. The van der Waals surface area contributed by atoms with Gasteiger partial charge in [-0.2, -0.15) is 0 Å². The van der Waals surface area contributed by atoms with E-state index in [1.807, 2.05) is 17.5 Å². The minimum Gasteiger partial charge on any atom is -0.221 e. The summed E-state index contributed by atoms with van der Waals surface area (Å²) in [5.41, 5.74) is 0.524. The van der Waals surface area contributed by atoms with Crippen molar-refractivity contribution in [1.29, 1.82) is 0 Å². The van der Waals surface area contributed by atoms with Gasteiger partial charge in [0.1, 0.15) is 5.15 Å². The molecule has 0 aliphatic rings. The van der Waals surface area contributed by atoms with Crippen molar-refractivity contribution in [1.82, 2.24) is 9.97 Å². The molecule has 2 aromatic heterocycles. The van der Waals surface area contributed by atoms with Crippen molar-refractivity contribution >= 4 is 32.8 Å². The van der Waals surface area contributed by atoms with Gasteiger partial charge in [-0.25, -0.2) is 18.4 Å². The van der Waals surface area contributed by atoms with Crippen molar-refractivity contribution in [3.05, 3.63) is 28.7 Å². The Bertz CT molecular complexity index is 608. The molecule has 0 radical (unpaired) electrons. The van der Waals surface area contributed by atoms with Crippen molar-refractivity contribution < 1.29 is 8.42 Å². The van der Waals surface area contributed by atoms with Crippen LogP contribution in [0.4, 0.5) is 0 Å². The summed E-state index contributed by atoms with van der Waals surface area (Å²) in [5.74, 6) is 0. The molecule has 0 aliphatic carbocycles. The van der Waals surface area contributed by atoms with E-state index >= 15 is 0 Å². The number of hydrogen-bond acceptors (Lipinski definition) is 5. The first kappa shape index (κ1) is 11.5. The molecule has 0 saturated heterocycles. The Morgan fingerprint density at radius 3 is 2.69 bits per heavy atom. The van der Waals surface area contributed by atoms with Crippen LogP contribution in [0, 0.1) is 0 Å². The molecule has 7 heteroatoms. The molecule has 0 bridgehead atoms. The van der Waals surface area contributed by atoms with Crippen LogP contribution >= 0.6 is 22.9 Å². The van der Waals surface area contributed by atoms with Gasteiger partial charge in [0.15, 0.2) is 0 Å². The molecule has 2 heterocycles. The molecular weight excluding hydrogens is 268 g/mol. The SMILES string of the molecule is CS(=O)(=O)c1nc(Cl)cc(-c2cccs2)n1. The van der Waals surface area contributed by atoms with Crippen molar-refractivity contribution in [2.45, 2.75) is 5.16 Å². The number of nitrogens with zero attached hydrogens (tertiary/aromatic N) is 2. The Morgan fingerprint density at radius 1 is 1.38 bits per heavy atom. The van der Waals surface area contributed by atoms with Gasteiger partial charge in [-0.3, -0.25) is 0 Å². The molecule has 84 valence electrons. The number of hydrogen-bond donors (Lipinski definition) is 0. The van der Waals surface area contributed by atoms with Gasteiger partial charge in [0, 0.05) is 12.3 Å². The number of rotatable bonds is 2. The van der Waals surface area contributed by atoms with Crippen molar-refractivity contribution in [3.63, 3.8) is 0 Å². The zero-order valence-electron chi connectivity index (χ0n) is 8.21. The summed E-state index contributed by atoms with van der Waals surface area (Å²) in [6, 6.07) is 5.24. The molecule has 0 saturated carbocycles. The van der Waals surface area contributed by atoms with Crippen LogP contribution in [0.3, 0.4) is 0 Å². The standard InChI is InChI=1S/C9H7ClN2O2S2/c1-16(13,14)9-11-6(5-8(10)12-9)7-3-2-4-15-7/h2-5H,1H3. The van der Waals surface area contributed by atoms with E-state index in [1.54, 1.807) is 6.07 Å². The lowest BCUT2D eigenvalue weighted by Crippen LogP contribution is -2.04. The maximum absolute atomic E-state index is 11.3. The molecule has 0 unspecified atom stereocenters. The van der Waals surface area contributed by atoms with Crippen LogP contribution in [0.1, 0.15) is 0 Å². The predicted molar refractivity (Wildman–Crippen MR) is 63.5 cm³/mol. The fraction of sp³-hybridized carbons (Fsp3) is 0.111. The summed E-state index contributed by atoms with van der Waals surface area (Å²) in [6.07, 6.45) is 1.05. The van der Waals surface area contributed by atoms with Crippen LogP contribution in [0.5, 0.6) is 0 Å². The quantitative estimate of drug-likeness (QED) is 0.623. The molecular formula is C9H7ClN2O2S2. The molecule has 16 heavy (non-hydrogen) atoms. The molecule has 0 spiro atoms. The van der Waals surface area contributed by atoms with Gasteiger partial charge < -0.3 is 0 Å². The third-order valence-corrected chi connectivity index (χ3v) is 3.71. The second-order valence-electron chi connectivity index (χ2n) is 3.11. The highest BCUT2D eigenvalue weighted by Gasteiger charge is 2.14. The average molecular weight is 275 g/mol. The largest absolute Gasteiger partial charge is 0.248 e. The molecule has 0 fully saturated rings. The van der Waals surface area contributed by atoms with E-state index in [4.69, 9.17) is 11.6 Å². The Balaban J connectivity index is 2.62. The number of thiophene rings is 1. The fourth-order valence-electron chi connectivity index (χ4n) is 1.11. The number of halogens is 1. The Hall–Kier alpha value is -0.980. The van der Waals surface area contributed by atoms with Gasteiger partial charge in [-0.15, -0.1) is 11.3 Å². The third kappa shape index (κ3) is 2.40. The van der Waals surface area contributed by atoms with Gasteiger partial charge in [0.05, 0.1) is 10.6 Å². The Morgan fingerprint density at radius 2 is 2.12 bits per heavy atom. The summed E-state index contributed by atoms with van der Waals surface area (Å²) in [5, 5.41) is 1.76. The van der Waals surface area contributed by atoms with Crippen molar-refractivity contribution in [2.75, 3.05) is 6.26 Å². The zero-order chi connectivity index (χ0) is 11.8. The molecule has 2 rings (SSSR count). The predicted octanol–water partition coefficient (Wildman–Crippen LogP) is 2.26. The van der Waals surface area contributed by atoms with E-state index in [2.05, 4.69) is 9.97 Å². The van der Waals surface area contributed by atoms with Gasteiger partial charge in [0.25, 0.3) is 0 Å². The van der Waals surface area contributed by atoms with E-state index < -0.39 is 9.84 Å². The Kier molecular flexibility index (Phi) is 2.96. The Labute approximate surface area is 102 Å². The van der Waals surface area contributed by atoms with E-state index in [0.29, 0.717) is 5.69 Å². The first-order valence-corrected chi connectivity index (χ1v) is 7.40. The summed E-state index contributed by atoms with van der Waals surface area (Å²) >= 11 is 7.22. The molecule has 0 N–H and O–H groups in total. The zero-order valence-corrected chi connectivity index (χ0v) is 10.6. The summed E-state index contributed by atoms with van der Waals surface area (Å²) in [6.45, 7) is 0. The van der Waals surface area contributed by atoms with Crippen LogP contribution in [-0.4, -0.2) is 24.6 Å². The van der Waals surface area contributed by atoms with Crippen LogP contribution in [0.2, 0.25) is 5.15 Å². The normalized spacial score (nSPS) is 11.6. The lowest BCUT2D eigenvalue weighted by molar-refractivity contribution is 0.593. The molecule has 0 aliphatic heterocycles. The van der Waals surface area contributed by atoms with Crippen molar-refractivity contribution in [2.24, 2.45) is 0 Å². The van der Waals surface area contributed by atoms with Gasteiger partial charge in [0.2, 0.25) is 15.0 Å². The highest BCUT2D eigenvalue weighted by atomic mass is 35.5.